The van der Waals surface area contributed by atoms with Crippen LogP contribution in [-0.4, -0.2) is 26.7 Å². The Morgan fingerprint density at radius 2 is 1.56 bits per heavy atom. The number of amides is 1. The Morgan fingerprint density at radius 1 is 0.906 bits per heavy atom. The molecular weight excluding hydrogens is 422 g/mol. The van der Waals surface area contributed by atoms with Crippen molar-refractivity contribution in [1.82, 2.24) is 10.0 Å². The summed E-state index contributed by atoms with van der Waals surface area (Å²) in [5.74, 6) is 0.287. The molecule has 0 aliphatic carbocycles. The number of benzene rings is 3. The van der Waals surface area contributed by atoms with E-state index in [0.29, 0.717) is 37.2 Å². The molecule has 0 spiro atoms. The van der Waals surface area contributed by atoms with E-state index in [1.165, 1.54) is 0 Å². The van der Waals surface area contributed by atoms with Gasteiger partial charge in [-0.1, -0.05) is 72.8 Å². The highest BCUT2D eigenvalue weighted by Crippen LogP contribution is 2.22. The van der Waals surface area contributed by atoms with Gasteiger partial charge in [-0.15, -0.1) is 0 Å². The average Bonchev–Trinajstić information content (AvgIpc) is 3.08. The molecule has 3 aromatic carbocycles. The van der Waals surface area contributed by atoms with Gasteiger partial charge in [-0.05, 0) is 36.1 Å². The first-order valence-corrected chi connectivity index (χ1v) is 12.1. The van der Waals surface area contributed by atoms with Gasteiger partial charge in [-0.25, -0.2) is 8.42 Å². The van der Waals surface area contributed by atoms with Crippen molar-refractivity contribution < 1.29 is 13.2 Å². The second-order valence-corrected chi connectivity index (χ2v) is 9.31. The molecule has 4 rings (SSSR count). The summed E-state index contributed by atoms with van der Waals surface area (Å²) in [7, 11) is -3.54. The summed E-state index contributed by atoms with van der Waals surface area (Å²) < 4.78 is 26.8. The second kappa shape index (κ2) is 9.78. The number of hydrogen-bond donors (Lipinski definition) is 2. The third-order valence-corrected chi connectivity index (χ3v) is 6.71. The van der Waals surface area contributed by atoms with E-state index in [1.54, 1.807) is 24.3 Å². The molecule has 1 unspecified atom stereocenters. The second-order valence-electron chi connectivity index (χ2n) is 7.66. The zero-order chi connectivity index (χ0) is 22.4. The molecule has 1 atom stereocenters. The van der Waals surface area contributed by atoms with Crippen molar-refractivity contribution in [2.45, 2.75) is 30.2 Å². The highest BCUT2D eigenvalue weighted by atomic mass is 32.2. The zero-order valence-corrected chi connectivity index (χ0v) is 18.4. The molecule has 0 fully saturated rings. The maximum atomic E-state index is 12.6. The summed E-state index contributed by atoms with van der Waals surface area (Å²) in [6, 6.07) is 26.6. The average molecular weight is 448 g/mol. The smallest absolute Gasteiger partial charge is 0.263 e. The van der Waals surface area contributed by atoms with E-state index >= 15 is 0 Å². The Labute approximate surface area is 188 Å². The lowest BCUT2D eigenvalue weighted by molar-refractivity contribution is -0.121. The van der Waals surface area contributed by atoms with E-state index in [9.17, 15) is 13.2 Å². The van der Waals surface area contributed by atoms with Crippen molar-refractivity contribution in [2.24, 2.45) is 4.99 Å². The molecule has 0 aromatic heterocycles. The van der Waals surface area contributed by atoms with Crippen LogP contribution in [0.1, 0.15) is 35.6 Å². The molecule has 1 aliphatic heterocycles. The molecule has 32 heavy (non-hydrogen) atoms. The minimum Gasteiger partial charge on any atom is -0.349 e. The molecule has 7 heteroatoms. The number of fused-ring (bicyclic) bond motifs is 1. The number of amidine groups is 1. The van der Waals surface area contributed by atoms with Crippen LogP contribution in [0.25, 0.3) is 0 Å². The lowest BCUT2D eigenvalue weighted by Gasteiger charge is -2.19. The van der Waals surface area contributed by atoms with Crippen LogP contribution in [0, 0.1) is 0 Å². The van der Waals surface area contributed by atoms with Crippen molar-refractivity contribution in [2.75, 3.05) is 6.54 Å². The molecule has 1 amide bonds. The van der Waals surface area contributed by atoms with Gasteiger partial charge in [0.15, 0.2) is 0 Å². The standard InChI is InChI=1S/C25H25N3O3S/c29-24(16-9-17-26-25-21-14-7-8-15-23(21)32(30,31)28-25)27-22(20-12-5-2-6-13-20)18-19-10-3-1-4-11-19/h1-8,10-15,22H,9,16-18H2,(H,26,28)(H,27,29). The van der Waals surface area contributed by atoms with Gasteiger partial charge in [0.25, 0.3) is 10.0 Å². The summed E-state index contributed by atoms with van der Waals surface area (Å²) in [5.41, 5.74) is 2.78. The number of nitrogens with one attached hydrogen (secondary N) is 2. The molecule has 164 valence electrons. The predicted octanol–water partition coefficient (Wildman–Crippen LogP) is 3.61. The highest BCUT2D eigenvalue weighted by molar-refractivity contribution is 7.90. The van der Waals surface area contributed by atoms with Gasteiger partial charge >= 0.3 is 0 Å². The number of sulfonamides is 1. The van der Waals surface area contributed by atoms with Crippen LogP contribution in [0.5, 0.6) is 0 Å². The fourth-order valence-electron chi connectivity index (χ4n) is 3.74. The summed E-state index contributed by atoms with van der Waals surface area (Å²) in [5, 5.41) is 3.14. The first-order chi connectivity index (χ1) is 15.5. The Balaban J connectivity index is 1.36. The van der Waals surface area contributed by atoms with Gasteiger partial charge < -0.3 is 5.32 Å². The summed E-state index contributed by atoms with van der Waals surface area (Å²) in [4.78, 5) is 17.3. The van der Waals surface area contributed by atoms with E-state index in [2.05, 4.69) is 27.2 Å². The highest BCUT2D eigenvalue weighted by Gasteiger charge is 2.29. The number of rotatable bonds is 8. The van der Waals surface area contributed by atoms with E-state index < -0.39 is 10.0 Å². The van der Waals surface area contributed by atoms with Gasteiger partial charge in [0.2, 0.25) is 5.91 Å². The van der Waals surface area contributed by atoms with Crippen LogP contribution < -0.4 is 10.0 Å². The largest absolute Gasteiger partial charge is 0.349 e. The Hall–Kier alpha value is -3.45. The maximum absolute atomic E-state index is 12.6. The summed E-state index contributed by atoms with van der Waals surface area (Å²) in [6.07, 6.45) is 1.53. The van der Waals surface area contributed by atoms with Crippen molar-refractivity contribution in [3.05, 3.63) is 102 Å². The van der Waals surface area contributed by atoms with Crippen molar-refractivity contribution >= 4 is 21.8 Å². The van der Waals surface area contributed by atoms with E-state index in [0.717, 1.165) is 11.1 Å². The molecule has 0 saturated heterocycles. The molecule has 3 aromatic rings. The zero-order valence-electron chi connectivity index (χ0n) is 17.6. The SMILES string of the molecule is O=C(CCCN=C1NS(=O)(=O)c2ccccc21)NC(Cc1ccccc1)c1ccccc1. The lowest BCUT2D eigenvalue weighted by atomic mass is 9.98. The molecule has 1 aliphatic rings. The number of aliphatic imine (C=N–C) groups is 1. The van der Waals surface area contributed by atoms with Gasteiger partial charge in [-0.2, -0.15) is 0 Å². The van der Waals surface area contributed by atoms with Gasteiger partial charge in [0.05, 0.1) is 10.9 Å². The molecule has 2 N–H and O–H groups in total. The van der Waals surface area contributed by atoms with Gasteiger partial charge in [-0.3, -0.25) is 14.5 Å². The number of hydrogen-bond acceptors (Lipinski definition) is 4. The third-order valence-electron chi connectivity index (χ3n) is 5.31. The number of nitrogens with zero attached hydrogens (tertiary/aromatic N) is 1. The Kier molecular flexibility index (Phi) is 6.66. The predicted molar refractivity (Wildman–Crippen MR) is 125 cm³/mol. The van der Waals surface area contributed by atoms with Crippen LogP contribution in [-0.2, 0) is 21.2 Å². The van der Waals surface area contributed by atoms with Crippen LogP contribution in [0.15, 0.2) is 94.8 Å². The fourth-order valence-corrected chi connectivity index (χ4v) is 4.99. The third kappa shape index (κ3) is 5.23. The van der Waals surface area contributed by atoms with Crippen LogP contribution in [0.4, 0.5) is 0 Å². The fraction of sp³-hybridized carbons (Fsp3) is 0.200. The Morgan fingerprint density at radius 3 is 2.31 bits per heavy atom. The van der Waals surface area contributed by atoms with Gasteiger partial charge in [0.1, 0.15) is 5.84 Å². The lowest BCUT2D eigenvalue weighted by Crippen LogP contribution is -2.30. The molecule has 0 saturated carbocycles. The molecule has 0 radical (unpaired) electrons. The van der Waals surface area contributed by atoms with Crippen molar-refractivity contribution in [3.63, 3.8) is 0 Å². The summed E-state index contributed by atoms with van der Waals surface area (Å²) >= 11 is 0. The van der Waals surface area contributed by atoms with E-state index in [1.807, 2.05) is 48.5 Å². The first kappa shape index (κ1) is 21.8. The van der Waals surface area contributed by atoms with Crippen molar-refractivity contribution in [1.29, 1.82) is 0 Å². The number of carbonyl (C=O) groups is 1. The minimum atomic E-state index is -3.54. The van der Waals surface area contributed by atoms with E-state index in [4.69, 9.17) is 0 Å². The number of carbonyl (C=O) groups excluding carboxylic acids is 1. The molecular formula is C25H25N3O3S. The van der Waals surface area contributed by atoms with Gasteiger partial charge in [0, 0.05) is 18.5 Å². The Bertz CT molecular complexity index is 1210. The molecule has 6 nitrogen and oxygen atoms in total. The quantitative estimate of drug-likeness (QED) is 0.517. The summed E-state index contributed by atoms with van der Waals surface area (Å²) in [6.45, 7) is 0.355. The minimum absolute atomic E-state index is 0.0533. The van der Waals surface area contributed by atoms with Crippen LogP contribution >= 0.6 is 0 Å². The normalized spacial score (nSPS) is 16.2. The maximum Gasteiger partial charge on any atom is 0.263 e. The molecule has 1 heterocycles. The van der Waals surface area contributed by atoms with Crippen LogP contribution in [0.2, 0.25) is 0 Å². The topological polar surface area (TPSA) is 87.6 Å². The first-order valence-electron chi connectivity index (χ1n) is 10.6. The monoisotopic (exact) mass is 447 g/mol. The molecule has 0 bridgehead atoms. The van der Waals surface area contributed by atoms with Crippen molar-refractivity contribution in [3.8, 4) is 0 Å². The van der Waals surface area contributed by atoms with E-state index in [-0.39, 0.29) is 16.8 Å². The van der Waals surface area contributed by atoms with Crippen LogP contribution in [0.3, 0.4) is 0 Å².